The molecule has 3 heterocycles. The number of hydrogen-bond acceptors (Lipinski definition) is 8. The Morgan fingerprint density at radius 3 is 1.60 bits per heavy atom. The van der Waals surface area contributed by atoms with Gasteiger partial charge in [0.1, 0.15) is 23.9 Å². The summed E-state index contributed by atoms with van der Waals surface area (Å²) in [5.74, 6) is -0.277. The van der Waals surface area contributed by atoms with Crippen molar-refractivity contribution < 1.29 is 33.4 Å². The zero-order chi connectivity index (χ0) is 41.5. The Morgan fingerprint density at radius 2 is 1.10 bits per heavy atom. The molecule has 2 aliphatic heterocycles. The molecule has 6 rings (SSSR count). The monoisotopic (exact) mass is 791 g/mol. The van der Waals surface area contributed by atoms with Crippen LogP contribution in [-0.4, -0.2) is 95.1 Å². The minimum Gasteiger partial charge on any atom is -0.453 e. The van der Waals surface area contributed by atoms with E-state index in [0.717, 1.165) is 52.2 Å². The number of methoxy groups -OCH3 is 2. The van der Waals surface area contributed by atoms with Gasteiger partial charge in [-0.15, -0.1) is 0 Å². The number of hydrogen-bond donors (Lipinski definition) is 4. The van der Waals surface area contributed by atoms with Crippen LogP contribution < -0.4 is 16.0 Å². The molecule has 0 aliphatic carbocycles. The molecule has 4 unspecified atom stereocenters. The maximum Gasteiger partial charge on any atom is 0.407 e. The van der Waals surface area contributed by atoms with E-state index >= 15 is 0 Å². The second-order valence-corrected chi connectivity index (χ2v) is 15.5. The fraction of sp³-hybridized carbons (Fsp3) is 0.409. The first-order valence-corrected chi connectivity index (χ1v) is 19.9. The van der Waals surface area contributed by atoms with Gasteiger partial charge in [0.15, 0.2) is 0 Å². The first kappa shape index (κ1) is 41.5. The Labute approximate surface area is 339 Å². The van der Waals surface area contributed by atoms with Gasteiger partial charge < -0.3 is 40.2 Å². The van der Waals surface area contributed by atoms with E-state index in [1.165, 1.54) is 14.2 Å². The lowest BCUT2D eigenvalue weighted by Gasteiger charge is -2.30. The predicted molar refractivity (Wildman–Crippen MR) is 220 cm³/mol. The summed E-state index contributed by atoms with van der Waals surface area (Å²) < 4.78 is 9.45. The molecule has 14 nitrogen and oxygen atoms in total. The van der Waals surface area contributed by atoms with Gasteiger partial charge in [-0.3, -0.25) is 14.4 Å². The van der Waals surface area contributed by atoms with E-state index in [2.05, 4.69) is 62.3 Å². The van der Waals surface area contributed by atoms with Gasteiger partial charge in [0.2, 0.25) is 17.7 Å². The van der Waals surface area contributed by atoms with Crippen molar-refractivity contribution in [3.8, 4) is 33.5 Å². The molecule has 14 heteroatoms. The van der Waals surface area contributed by atoms with Gasteiger partial charge in [-0.2, -0.15) is 0 Å². The van der Waals surface area contributed by atoms with Gasteiger partial charge in [-0.05, 0) is 77.5 Å². The highest BCUT2D eigenvalue weighted by molar-refractivity contribution is 5.99. The summed E-state index contributed by atoms with van der Waals surface area (Å²) >= 11 is 0. The van der Waals surface area contributed by atoms with Crippen molar-refractivity contribution in [2.75, 3.05) is 32.6 Å². The van der Waals surface area contributed by atoms with Crippen LogP contribution in [0.4, 0.5) is 15.3 Å². The largest absolute Gasteiger partial charge is 0.453 e. The molecule has 0 saturated carbocycles. The molecule has 2 saturated heterocycles. The van der Waals surface area contributed by atoms with E-state index in [1.807, 2.05) is 64.1 Å². The molecule has 2 fully saturated rings. The maximum atomic E-state index is 13.5. The van der Waals surface area contributed by atoms with Crippen molar-refractivity contribution in [3.63, 3.8) is 0 Å². The summed E-state index contributed by atoms with van der Waals surface area (Å²) in [6.45, 7) is 8.50. The Balaban J connectivity index is 1.06. The van der Waals surface area contributed by atoms with E-state index in [9.17, 15) is 24.0 Å². The minimum atomic E-state index is -0.792. The summed E-state index contributed by atoms with van der Waals surface area (Å²) in [5, 5.41) is 8.27. The first-order chi connectivity index (χ1) is 27.9. The number of aromatic amines is 1. The summed E-state index contributed by atoms with van der Waals surface area (Å²) in [7, 11) is 2.54. The van der Waals surface area contributed by atoms with Crippen molar-refractivity contribution in [2.45, 2.75) is 77.5 Å². The van der Waals surface area contributed by atoms with Crippen LogP contribution in [0.2, 0.25) is 0 Å². The van der Waals surface area contributed by atoms with Crippen LogP contribution in [0.5, 0.6) is 0 Å². The van der Waals surface area contributed by atoms with Crippen LogP contribution in [0, 0.1) is 11.8 Å². The predicted octanol–water partition coefficient (Wildman–Crippen LogP) is 6.76. The van der Waals surface area contributed by atoms with Crippen molar-refractivity contribution in [1.29, 1.82) is 0 Å². The summed E-state index contributed by atoms with van der Waals surface area (Å²) in [6, 6.07) is 21.8. The quantitative estimate of drug-likeness (QED) is 0.122. The minimum absolute atomic E-state index is 0.109. The SMILES string of the molecule is COC(=O)NC(C(=O)N1CCCC1C(=O)Nc1ccc(-c2ccc(-c3ccc(-c4cnc(C5CCCN5C(=O)C(NC(=O)OC)C(C)C)[nH]4)cc3)cc2)cc1)C(C)C. The second kappa shape index (κ2) is 18.4. The van der Waals surface area contributed by atoms with Gasteiger partial charge in [-0.25, -0.2) is 14.6 Å². The number of nitrogens with one attached hydrogen (secondary N) is 4. The molecule has 0 radical (unpaired) electrons. The number of alkyl carbamates (subject to hydrolysis) is 2. The summed E-state index contributed by atoms with van der Waals surface area (Å²) in [5.41, 5.74) is 6.57. The molecule has 4 atom stereocenters. The van der Waals surface area contributed by atoms with Gasteiger partial charge in [0.25, 0.3) is 0 Å². The molecule has 4 aromatic rings. The zero-order valence-corrected chi connectivity index (χ0v) is 33.9. The van der Waals surface area contributed by atoms with Crippen molar-refractivity contribution in [1.82, 2.24) is 30.4 Å². The number of likely N-dealkylation sites (tertiary alicyclic amines) is 2. The molecule has 1 aromatic heterocycles. The number of aromatic nitrogens is 2. The number of benzene rings is 3. The summed E-state index contributed by atoms with van der Waals surface area (Å²) in [6.07, 6.45) is 3.34. The third-order valence-electron chi connectivity index (χ3n) is 11.0. The molecule has 0 bridgehead atoms. The second-order valence-electron chi connectivity index (χ2n) is 15.5. The molecule has 3 aromatic carbocycles. The van der Waals surface area contributed by atoms with E-state index < -0.39 is 30.3 Å². The number of anilines is 1. The maximum absolute atomic E-state index is 13.5. The van der Waals surface area contributed by atoms with Crippen molar-refractivity contribution in [2.24, 2.45) is 11.8 Å². The number of rotatable bonds is 12. The number of imidazole rings is 1. The highest BCUT2D eigenvalue weighted by Gasteiger charge is 2.39. The topological polar surface area (TPSA) is 175 Å². The average molecular weight is 792 g/mol. The number of H-pyrrole nitrogens is 1. The molecule has 58 heavy (non-hydrogen) atoms. The molecule has 2 aliphatic rings. The lowest BCUT2D eigenvalue weighted by atomic mass is 9.99. The summed E-state index contributed by atoms with van der Waals surface area (Å²) in [4.78, 5) is 75.5. The Kier molecular flexibility index (Phi) is 13.1. The number of ether oxygens (including phenoxy) is 2. The van der Waals surface area contributed by atoms with E-state index in [4.69, 9.17) is 9.47 Å². The van der Waals surface area contributed by atoms with Crippen molar-refractivity contribution in [3.05, 3.63) is 84.8 Å². The number of carbonyl (C=O) groups excluding carboxylic acids is 5. The normalized spacial score (nSPS) is 17.5. The molecule has 4 N–H and O–H groups in total. The Hall–Kier alpha value is -6.18. The van der Waals surface area contributed by atoms with E-state index in [-0.39, 0.29) is 35.6 Å². The fourth-order valence-electron chi connectivity index (χ4n) is 7.70. The van der Waals surface area contributed by atoms with Crippen molar-refractivity contribution >= 4 is 35.6 Å². The van der Waals surface area contributed by atoms with E-state index in [0.29, 0.717) is 31.6 Å². The number of nitrogens with zero attached hydrogens (tertiary/aromatic N) is 3. The van der Waals surface area contributed by atoms with Gasteiger partial charge in [-0.1, -0.05) is 88.4 Å². The smallest absolute Gasteiger partial charge is 0.407 e. The fourth-order valence-corrected chi connectivity index (χ4v) is 7.70. The first-order valence-electron chi connectivity index (χ1n) is 19.9. The Morgan fingerprint density at radius 1 is 0.655 bits per heavy atom. The highest BCUT2D eigenvalue weighted by atomic mass is 16.5. The lowest BCUT2D eigenvalue weighted by molar-refractivity contribution is -0.139. The van der Waals surface area contributed by atoms with Crippen LogP contribution >= 0.6 is 0 Å². The molecule has 5 amide bonds. The lowest BCUT2D eigenvalue weighted by Crippen LogP contribution is -2.54. The third-order valence-corrected chi connectivity index (χ3v) is 11.0. The Bertz CT molecular complexity index is 2080. The third kappa shape index (κ3) is 9.33. The highest BCUT2D eigenvalue weighted by Crippen LogP contribution is 2.34. The molecule has 0 spiro atoms. The standard InChI is InChI=1S/C44H53N7O7/c1-26(2)37(48-43(55)57-5)41(53)50-23-7-9-35(50)39-45-25-34(47-39)32-17-15-30(16-18-32)28-11-13-29(14-12-28)31-19-21-33(22-20-31)46-40(52)36-10-8-24-51(36)42(54)38(27(3)4)49-44(56)58-6/h11-22,25-27,35-38H,7-10,23-24H2,1-6H3,(H,45,47)(H,46,52)(H,48,55)(H,49,56). The van der Waals surface area contributed by atoms with Gasteiger partial charge >= 0.3 is 12.2 Å². The van der Waals surface area contributed by atoms with Gasteiger partial charge in [0, 0.05) is 18.8 Å². The molecular weight excluding hydrogens is 739 g/mol. The molecular formula is C44H53N7O7. The van der Waals surface area contributed by atoms with Crippen LogP contribution in [0.1, 0.15) is 65.2 Å². The molecule has 306 valence electrons. The van der Waals surface area contributed by atoms with E-state index in [1.54, 1.807) is 16.0 Å². The van der Waals surface area contributed by atoms with Crippen LogP contribution in [0.25, 0.3) is 33.5 Å². The number of carbonyl (C=O) groups is 5. The van der Waals surface area contributed by atoms with Crippen LogP contribution in [-0.2, 0) is 23.9 Å². The number of amides is 5. The zero-order valence-electron chi connectivity index (χ0n) is 33.9. The van der Waals surface area contributed by atoms with Crippen LogP contribution in [0.3, 0.4) is 0 Å². The average Bonchev–Trinajstić information content (AvgIpc) is 4.03. The van der Waals surface area contributed by atoms with Crippen LogP contribution in [0.15, 0.2) is 79.0 Å². The van der Waals surface area contributed by atoms with Gasteiger partial charge in [0.05, 0.1) is 32.2 Å².